The van der Waals surface area contributed by atoms with Crippen molar-refractivity contribution >= 4 is 0 Å². The summed E-state index contributed by atoms with van der Waals surface area (Å²) in [4.78, 5) is 6.92. The first-order valence-electron chi connectivity index (χ1n) is 10.0. The van der Waals surface area contributed by atoms with Crippen LogP contribution in [0.25, 0.3) is 0 Å². The molecule has 144 valence electrons. The van der Waals surface area contributed by atoms with Crippen LogP contribution in [-0.2, 0) is 6.61 Å². The zero-order valence-electron chi connectivity index (χ0n) is 16.1. The maximum Gasteiger partial charge on any atom is 0.119 e. The summed E-state index contributed by atoms with van der Waals surface area (Å²) in [5, 5.41) is 3.50. The minimum atomic E-state index is 0.219. The first-order valence-corrected chi connectivity index (χ1v) is 10.0. The van der Waals surface area contributed by atoms with Crippen LogP contribution >= 0.6 is 0 Å². The number of ether oxygens (including phenoxy) is 1. The number of aromatic nitrogens is 1. The van der Waals surface area contributed by atoms with Gasteiger partial charge in [0.05, 0.1) is 6.04 Å². The van der Waals surface area contributed by atoms with Gasteiger partial charge in [-0.3, -0.25) is 9.88 Å². The van der Waals surface area contributed by atoms with Crippen LogP contribution in [0.2, 0.25) is 0 Å². The van der Waals surface area contributed by atoms with Crippen LogP contribution in [0.3, 0.4) is 0 Å². The predicted octanol–water partition coefficient (Wildman–Crippen LogP) is 4.05. The fourth-order valence-corrected chi connectivity index (χ4v) is 3.76. The Balaban J connectivity index is 1.52. The molecule has 3 aromatic rings. The molecule has 1 N–H and O–H groups in total. The smallest absolute Gasteiger partial charge is 0.119 e. The first kappa shape index (κ1) is 18.7. The molecule has 1 atom stereocenters. The normalized spacial score (nSPS) is 16.3. The molecule has 1 aromatic heterocycles. The molecule has 1 fully saturated rings. The van der Waals surface area contributed by atoms with Crippen LogP contribution in [-0.4, -0.2) is 36.1 Å². The van der Waals surface area contributed by atoms with Gasteiger partial charge in [-0.2, -0.15) is 0 Å². The summed E-state index contributed by atoms with van der Waals surface area (Å²) in [6.45, 7) is 4.81. The van der Waals surface area contributed by atoms with Crippen molar-refractivity contribution in [2.24, 2.45) is 0 Å². The maximum atomic E-state index is 5.96. The van der Waals surface area contributed by atoms with Crippen molar-refractivity contribution in [3.05, 3.63) is 95.8 Å². The lowest BCUT2D eigenvalue weighted by Crippen LogP contribution is -2.33. The van der Waals surface area contributed by atoms with Crippen LogP contribution in [0.5, 0.6) is 5.75 Å². The Morgan fingerprint density at radius 1 is 0.893 bits per heavy atom. The fraction of sp³-hybridized carbons (Fsp3) is 0.292. The summed E-state index contributed by atoms with van der Waals surface area (Å²) in [7, 11) is 0. The molecule has 1 aliphatic rings. The topological polar surface area (TPSA) is 37.4 Å². The van der Waals surface area contributed by atoms with Crippen molar-refractivity contribution in [3.63, 3.8) is 0 Å². The molecule has 0 bridgehead atoms. The first-order chi connectivity index (χ1) is 13.9. The molecule has 1 aliphatic heterocycles. The van der Waals surface area contributed by atoms with Gasteiger partial charge in [-0.1, -0.05) is 48.5 Å². The van der Waals surface area contributed by atoms with Gasteiger partial charge in [0.25, 0.3) is 0 Å². The van der Waals surface area contributed by atoms with Crippen molar-refractivity contribution in [2.45, 2.75) is 19.1 Å². The number of hydrogen-bond donors (Lipinski definition) is 1. The third kappa shape index (κ3) is 4.77. The molecule has 4 nitrogen and oxygen atoms in total. The summed E-state index contributed by atoms with van der Waals surface area (Å²) in [6.07, 6.45) is 4.99. The Morgan fingerprint density at radius 2 is 1.75 bits per heavy atom. The zero-order chi connectivity index (χ0) is 19.0. The van der Waals surface area contributed by atoms with Gasteiger partial charge in [-0.05, 0) is 47.9 Å². The average molecular weight is 374 g/mol. The Labute approximate surface area is 167 Å². The molecule has 0 aliphatic carbocycles. The third-order valence-electron chi connectivity index (χ3n) is 5.18. The van der Waals surface area contributed by atoms with Crippen LogP contribution in [0.1, 0.15) is 29.2 Å². The van der Waals surface area contributed by atoms with E-state index in [1.807, 2.05) is 36.7 Å². The summed E-state index contributed by atoms with van der Waals surface area (Å²) >= 11 is 0. The van der Waals surface area contributed by atoms with Gasteiger partial charge < -0.3 is 10.1 Å². The molecule has 0 spiro atoms. The third-order valence-corrected chi connectivity index (χ3v) is 5.18. The molecular formula is C24H27N3O. The van der Waals surface area contributed by atoms with E-state index in [1.165, 1.54) is 16.7 Å². The summed E-state index contributed by atoms with van der Waals surface area (Å²) in [5.74, 6) is 0.898. The zero-order valence-corrected chi connectivity index (χ0v) is 16.1. The Morgan fingerprint density at radius 3 is 2.54 bits per heavy atom. The van der Waals surface area contributed by atoms with Crippen LogP contribution in [0.4, 0.5) is 0 Å². The van der Waals surface area contributed by atoms with E-state index in [-0.39, 0.29) is 6.04 Å². The molecule has 28 heavy (non-hydrogen) atoms. The molecule has 4 rings (SSSR count). The lowest BCUT2D eigenvalue weighted by Gasteiger charge is -2.31. The molecular weight excluding hydrogens is 346 g/mol. The van der Waals surface area contributed by atoms with E-state index >= 15 is 0 Å². The number of pyridine rings is 1. The summed E-state index contributed by atoms with van der Waals surface area (Å²) in [6, 6.07) is 23.2. The molecule has 0 saturated carbocycles. The molecule has 2 aromatic carbocycles. The van der Waals surface area contributed by atoms with Gasteiger partial charge in [0.15, 0.2) is 0 Å². The Bertz CT molecular complexity index is 829. The molecule has 4 heteroatoms. The van der Waals surface area contributed by atoms with Crippen LogP contribution in [0, 0.1) is 0 Å². The van der Waals surface area contributed by atoms with Crippen molar-refractivity contribution in [3.8, 4) is 5.75 Å². The lowest BCUT2D eigenvalue weighted by atomic mass is 9.98. The number of nitrogens with zero attached hydrogens (tertiary/aromatic N) is 2. The van der Waals surface area contributed by atoms with Crippen LogP contribution < -0.4 is 10.1 Å². The van der Waals surface area contributed by atoms with Gasteiger partial charge in [0.2, 0.25) is 0 Å². The fourth-order valence-electron chi connectivity index (χ4n) is 3.76. The molecule has 0 radical (unpaired) electrons. The summed E-state index contributed by atoms with van der Waals surface area (Å²) in [5.41, 5.74) is 3.70. The SMILES string of the molecule is c1ccc(COc2ccc(C(c3cccnc3)N3CCCNCC3)cc2)cc1. The second kappa shape index (κ2) is 9.49. The number of nitrogens with one attached hydrogen (secondary N) is 1. The maximum absolute atomic E-state index is 5.96. The van der Waals surface area contributed by atoms with E-state index in [9.17, 15) is 0 Å². The van der Waals surface area contributed by atoms with Crippen molar-refractivity contribution in [1.29, 1.82) is 0 Å². The number of hydrogen-bond acceptors (Lipinski definition) is 4. The van der Waals surface area contributed by atoms with Gasteiger partial charge in [0, 0.05) is 32.0 Å². The average Bonchev–Trinajstić information content (AvgIpc) is 3.04. The van der Waals surface area contributed by atoms with Crippen molar-refractivity contribution in [1.82, 2.24) is 15.2 Å². The van der Waals surface area contributed by atoms with E-state index in [0.29, 0.717) is 6.61 Å². The van der Waals surface area contributed by atoms with Crippen LogP contribution in [0.15, 0.2) is 79.1 Å². The number of benzene rings is 2. The predicted molar refractivity (Wildman–Crippen MR) is 112 cm³/mol. The number of rotatable bonds is 6. The minimum Gasteiger partial charge on any atom is -0.489 e. The second-order valence-corrected chi connectivity index (χ2v) is 7.17. The molecule has 0 amide bonds. The molecule has 2 heterocycles. The van der Waals surface area contributed by atoms with E-state index in [2.05, 4.69) is 57.7 Å². The van der Waals surface area contributed by atoms with Gasteiger partial charge in [-0.15, -0.1) is 0 Å². The lowest BCUT2D eigenvalue weighted by molar-refractivity contribution is 0.240. The Hall–Kier alpha value is -2.69. The van der Waals surface area contributed by atoms with Gasteiger partial charge in [0.1, 0.15) is 12.4 Å². The van der Waals surface area contributed by atoms with Crippen molar-refractivity contribution in [2.75, 3.05) is 26.2 Å². The second-order valence-electron chi connectivity index (χ2n) is 7.17. The van der Waals surface area contributed by atoms with E-state index < -0.39 is 0 Å². The van der Waals surface area contributed by atoms with Crippen molar-refractivity contribution < 1.29 is 4.74 Å². The standard InChI is InChI=1S/C24H27N3O/c1-2-6-20(7-3-1)19-28-23-11-9-21(10-12-23)24(22-8-4-13-26-18-22)27-16-5-14-25-15-17-27/h1-4,6-13,18,24-25H,5,14-17,19H2. The minimum absolute atomic E-state index is 0.219. The largest absolute Gasteiger partial charge is 0.489 e. The van der Waals surface area contributed by atoms with E-state index in [4.69, 9.17) is 4.74 Å². The highest BCUT2D eigenvalue weighted by atomic mass is 16.5. The molecule has 1 unspecified atom stereocenters. The highest BCUT2D eigenvalue weighted by molar-refractivity contribution is 5.35. The molecule has 1 saturated heterocycles. The summed E-state index contributed by atoms with van der Waals surface area (Å²) < 4.78 is 5.96. The van der Waals surface area contributed by atoms with E-state index in [1.54, 1.807) is 0 Å². The monoisotopic (exact) mass is 373 g/mol. The van der Waals surface area contributed by atoms with E-state index in [0.717, 1.165) is 38.3 Å². The highest BCUT2D eigenvalue weighted by Gasteiger charge is 2.23. The quantitative estimate of drug-likeness (QED) is 0.707. The van der Waals surface area contributed by atoms with Gasteiger partial charge >= 0.3 is 0 Å². The highest BCUT2D eigenvalue weighted by Crippen LogP contribution is 2.30. The van der Waals surface area contributed by atoms with Gasteiger partial charge in [-0.25, -0.2) is 0 Å². The Kier molecular flexibility index (Phi) is 6.32.